The third-order valence-corrected chi connectivity index (χ3v) is 4.91. The summed E-state index contributed by atoms with van der Waals surface area (Å²) >= 11 is 0. The Hall–Kier alpha value is -3.67. The number of carbonyl (C=O) groups excluding carboxylic acids is 1. The molecule has 0 fully saturated rings. The van der Waals surface area contributed by atoms with Crippen molar-refractivity contribution in [2.24, 2.45) is 0 Å². The van der Waals surface area contributed by atoms with E-state index in [9.17, 15) is 4.79 Å². The normalized spacial score (nSPS) is 12.8. The van der Waals surface area contributed by atoms with E-state index in [0.29, 0.717) is 24.3 Å². The van der Waals surface area contributed by atoms with Gasteiger partial charge in [0.05, 0.1) is 7.11 Å². The molecule has 1 aliphatic rings. The molecule has 6 nitrogen and oxygen atoms in total. The van der Waals surface area contributed by atoms with Crippen molar-refractivity contribution >= 4 is 11.7 Å². The topological polar surface area (TPSA) is 68.8 Å². The number of benzene rings is 3. The van der Waals surface area contributed by atoms with E-state index < -0.39 is 0 Å². The molecule has 0 unspecified atom stereocenters. The first-order valence-corrected chi connectivity index (χ1v) is 9.83. The summed E-state index contributed by atoms with van der Waals surface area (Å²) in [6, 6.07) is 22.9. The lowest BCUT2D eigenvalue weighted by molar-refractivity contribution is 0.174. The van der Waals surface area contributed by atoms with Gasteiger partial charge in [0.15, 0.2) is 11.5 Å². The Kier molecular flexibility index (Phi) is 6.03. The number of urea groups is 1. The molecule has 3 aromatic carbocycles. The van der Waals surface area contributed by atoms with E-state index in [-0.39, 0.29) is 18.9 Å². The lowest BCUT2D eigenvalue weighted by Gasteiger charge is -2.20. The van der Waals surface area contributed by atoms with Crippen molar-refractivity contribution in [3.63, 3.8) is 0 Å². The second kappa shape index (κ2) is 9.22. The van der Waals surface area contributed by atoms with Crippen LogP contribution >= 0.6 is 0 Å². The van der Waals surface area contributed by atoms with Crippen LogP contribution in [-0.4, -0.2) is 26.0 Å². The molecule has 2 N–H and O–H groups in total. The number of carbonyl (C=O) groups is 1. The molecular formula is C24H24N2O4. The highest BCUT2D eigenvalue weighted by molar-refractivity contribution is 5.89. The largest absolute Gasteiger partial charge is 0.497 e. The number of ether oxygens (including phenoxy) is 3. The zero-order chi connectivity index (χ0) is 20.8. The number of anilines is 1. The molecule has 0 saturated carbocycles. The van der Waals surface area contributed by atoms with Crippen molar-refractivity contribution in [3.05, 3.63) is 83.9 Å². The van der Waals surface area contributed by atoms with E-state index in [1.54, 1.807) is 13.2 Å². The second-order valence-corrected chi connectivity index (χ2v) is 7.11. The van der Waals surface area contributed by atoms with E-state index in [4.69, 9.17) is 14.2 Å². The smallest absolute Gasteiger partial charge is 0.319 e. The van der Waals surface area contributed by atoms with Crippen LogP contribution in [0.3, 0.4) is 0 Å². The molecule has 3 aromatic rings. The third-order valence-electron chi connectivity index (χ3n) is 4.91. The molecule has 4 rings (SSSR count). The van der Waals surface area contributed by atoms with E-state index in [0.717, 1.165) is 22.6 Å². The molecule has 2 amide bonds. The fraction of sp³-hybridized carbons (Fsp3) is 0.208. The third kappa shape index (κ3) is 5.03. The van der Waals surface area contributed by atoms with Crippen molar-refractivity contribution < 1.29 is 19.0 Å². The zero-order valence-electron chi connectivity index (χ0n) is 16.8. The number of nitrogens with one attached hydrogen (secondary N) is 2. The van der Waals surface area contributed by atoms with Crippen molar-refractivity contribution in [1.29, 1.82) is 0 Å². The molecule has 6 heteroatoms. The van der Waals surface area contributed by atoms with Crippen LogP contribution in [0.2, 0.25) is 0 Å². The molecular weight excluding hydrogens is 380 g/mol. The molecule has 1 heterocycles. The summed E-state index contributed by atoms with van der Waals surface area (Å²) in [4.78, 5) is 12.7. The first kappa shape index (κ1) is 19.6. The minimum absolute atomic E-state index is 0.0987. The number of hydrogen-bond donors (Lipinski definition) is 2. The van der Waals surface area contributed by atoms with Gasteiger partial charge in [-0.2, -0.15) is 0 Å². The van der Waals surface area contributed by atoms with Gasteiger partial charge in [-0.15, -0.1) is 0 Å². The maximum atomic E-state index is 12.7. The summed E-state index contributed by atoms with van der Waals surface area (Å²) in [7, 11) is 1.60. The molecule has 0 aromatic heterocycles. The van der Waals surface area contributed by atoms with Crippen molar-refractivity contribution in [2.45, 2.75) is 18.9 Å². The predicted molar refractivity (Wildman–Crippen MR) is 115 cm³/mol. The highest BCUT2D eigenvalue weighted by Crippen LogP contribution is 2.33. The molecule has 154 valence electrons. The van der Waals surface area contributed by atoms with E-state index in [1.807, 2.05) is 54.6 Å². The van der Waals surface area contributed by atoms with Crippen LogP contribution in [0.1, 0.15) is 11.1 Å². The molecule has 0 aliphatic carbocycles. The Bertz CT molecular complexity index is 1010. The number of fused-ring (bicyclic) bond motifs is 1. The molecule has 0 spiro atoms. The van der Waals surface area contributed by atoms with Gasteiger partial charge in [-0.3, -0.25) is 0 Å². The maximum absolute atomic E-state index is 12.7. The second-order valence-electron chi connectivity index (χ2n) is 7.11. The van der Waals surface area contributed by atoms with Gasteiger partial charge in [0.1, 0.15) is 5.75 Å². The molecule has 30 heavy (non-hydrogen) atoms. The van der Waals surface area contributed by atoms with Gasteiger partial charge >= 0.3 is 6.03 Å². The Morgan fingerprint density at radius 1 is 0.933 bits per heavy atom. The molecule has 1 atom stereocenters. The predicted octanol–water partition coefficient (Wildman–Crippen LogP) is 4.40. The zero-order valence-corrected chi connectivity index (χ0v) is 16.8. The van der Waals surface area contributed by atoms with Crippen LogP contribution in [-0.2, 0) is 12.8 Å². The SMILES string of the molecule is COc1cccc(NC(=O)N[C@H](Cc2ccccc2)Cc2ccc3c(c2)OCO3)c1. The maximum Gasteiger partial charge on any atom is 0.319 e. The van der Waals surface area contributed by atoms with Crippen LogP contribution in [0.5, 0.6) is 17.2 Å². The molecule has 0 bridgehead atoms. The first-order valence-electron chi connectivity index (χ1n) is 9.83. The standard InChI is InChI=1S/C24H24N2O4/c1-28-21-9-5-8-19(15-21)25-24(27)26-20(12-17-6-3-2-4-7-17)13-18-10-11-22-23(14-18)30-16-29-22/h2-11,14-15,20H,12-13,16H2,1H3,(H2,25,26,27)/t20-/m1/s1. The summed E-state index contributed by atoms with van der Waals surface area (Å²) in [6.45, 7) is 0.243. The Morgan fingerprint density at radius 2 is 1.73 bits per heavy atom. The van der Waals surface area contributed by atoms with Crippen molar-refractivity contribution in [2.75, 3.05) is 19.2 Å². The molecule has 1 aliphatic heterocycles. The molecule has 0 saturated heterocycles. The summed E-state index contributed by atoms with van der Waals surface area (Å²) in [6.07, 6.45) is 1.37. The Balaban J connectivity index is 1.47. The van der Waals surface area contributed by atoms with Gasteiger partial charge in [0, 0.05) is 17.8 Å². The first-order chi connectivity index (χ1) is 14.7. The fourth-order valence-corrected chi connectivity index (χ4v) is 3.48. The van der Waals surface area contributed by atoms with Crippen LogP contribution in [0.25, 0.3) is 0 Å². The quantitative estimate of drug-likeness (QED) is 0.612. The van der Waals surface area contributed by atoms with Crippen LogP contribution in [0, 0.1) is 0 Å². The van der Waals surface area contributed by atoms with Gasteiger partial charge in [-0.25, -0.2) is 4.79 Å². The lowest BCUT2D eigenvalue weighted by Crippen LogP contribution is -2.40. The average Bonchev–Trinajstić information content (AvgIpc) is 3.22. The van der Waals surface area contributed by atoms with Crippen molar-refractivity contribution in [3.8, 4) is 17.2 Å². The summed E-state index contributed by atoms with van der Waals surface area (Å²) in [5, 5.41) is 5.99. The summed E-state index contributed by atoms with van der Waals surface area (Å²) < 4.78 is 16.1. The monoisotopic (exact) mass is 404 g/mol. The minimum atomic E-state index is -0.259. The Morgan fingerprint density at radius 3 is 2.57 bits per heavy atom. The van der Waals surface area contributed by atoms with Gasteiger partial charge in [-0.1, -0.05) is 42.5 Å². The van der Waals surface area contributed by atoms with Gasteiger partial charge in [0.25, 0.3) is 0 Å². The van der Waals surface area contributed by atoms with Gasteiger partial charge in [-0.05, 0) is 48.2 Å². The number of methoxy groups -OCH3 is 1. The van der Waals surface area contributed by atoms with Crippen LogP contribution < -0.4 is 24.8 Å². The summed E-state index contributed by atoms with van der Waals surface area (Å²) in [5.74, 6) is 2.18. The number of rotatable bonds is 7. The average molecular weight is 404 g/mol. The Labute approximate surface area is 175 Å². The summed E-state index contributed by atoms with van der Waals surface area (Å²) in [5.41, 5.74) is 2.90. The highest BCUT2D eigenvalue weighted by Gasteiger charge is 2.18. The van der Waals surface area contributed by atoms with E-state index >= 15 is 0 Å². The highest BCUT2D eigenvalue weighted by atomic mass is 16.7. The minimum Gasteiger partial charge on any atom is -0.497 e. The van der Waals surface area contributed by atoms with E-state index in [1.165, 1.54) is 0 Å². The lowest BCUT2D eigenvalue weighted by atomic mass is 9.98. The van der Waals surface area contributed by atoms with Crippen molar-refractivity contribution in [1.82, 2.24) is 5.32 Å². The van der Waals surface area contributed by atoms with E-state index in [2.05, 4.69) is 22.8 Å². The number of hydrogen-bond acceptors (Lipinski definition) is 4. The fourth-order valence-electron chi connectivity index (χ4n) is 3.48. The van der Waals surface area contributed by atoms with Gasteiger partial charge < -0.3 is 24.8 Å². The van der Waals surface area contributed by atoms with Crippen LogP contribution in [0.15, 0.2) is 72.8 Å². The van der Waals surface area contributed by atoms with Crippen LogP contribution in [0.4, 0.5) is 10.5 Å². The van der Waals surface area contributed by atoms with Gasteiger partial charge in [0.2, 0.25) is 6.79 Å². The molecule has 0 radical (unpaired) electrons. The number of amides is 2.